The Balaban J connectivity index is 1.37. The number of ether oxygens (including phenoxy) is 5. The van der Waals surface area contributed by atoms with Crippen LogP contribution in [-0.4, -0.2) is 140 Å². The molecule has 1 saturated heterocycles. The van der Waals surface area contributed by atoms with Crippen LogP contribution >= 0.6 is 0 Å². The molecule has 7 rings (SSSR count). The molecule has 1 fully saturated rings. The van der Waals surface area contributed by atoms with Crippen LogP contribution < -0.4 is 20.1 Å². The number of nitrogens with zero attached hydrogens (tertiary/aromatic N) is 3. The third-order valence-electron chi connectivity index (χ3n) is 16.4. The molecule has 9 atom stereocenters. The number of phenols is 1. The Morgan fingerprint density at radius 2 is 1.54 bits per heavy atom. The minimum absolute atomic E-state index is 0.00538. The maximum absolute atomic E-state index is 15.5. The molecule has 1 aliphatic carbocycles. The smallest absolute Gasteiger partial charge is 0.421 e. The lowest BCUT2D eigenvalue weighted by Crippen LogP contribution is -2.55. The molecule has 5 aliphatic rings. The van der Waals surface area contributed by atoms with Gasteiger partial charge in [-0.25, -0.2) is 9.69 Å². The average Bonchev–Trinajstić information content (AvgIpc) is 3.94. The number of carbonyl (C=O) groups excluding carboxylic acids is 8. The number of anilines is 1. The number of nitrogens with one attached hydrogen (secondary N) is 2. The van der Waals surface area contributed by atoms with Crippen molar-refractivity contribution in [2.45, 2.75) is 145 Å². The van der Waals surface area contributed by atoms with Gasteiger partial charge >= 0.3 is 17.8 Å². The monoisotopic (exact) mass is 1140 g/mol. The Bertz CT molecular complexity index is 3040. The topological polar surface area (TPSA) is 286 Å². The molecule has 21 nitrogen and oxygen atoms in total. The maximum atomic E-state index is 15.5. The van der Waals surface area contributed by atoms with E-state index in [0.29, 0.717) is 25.3 Å². The third kappa shape index (κ3) is 12.5. The summed E-state index contributed by atoms with van der Waals surface area (Å²) in [5, 5.41) is 41.0. The van der Waals surface area contributed by atoms with E-state index in [1.165, 1.54) is 96.2 Å². The molecule has 3 amide bonds. The maximum Gasteiger partial charge on any atom is 0.421 e. The molecule has 4 aliphatic heterocycles. The molecule has 5 bridgehead atoms. The summed E-state index contributed by atoms with van der Waals surface area (Å²) in [6, 6.07) is 5.83. The number of hydrogen-bond donors (Lipinski definition) is 5. The highest BCUT2D eigenvalue weighted by atomic mass is 16.7. The van der Waals surface area contributed by atoms with Crippen LogP contribution in [0.5, 0.6) is 17.2 Å². The number of esters is 1. The van der Waals surface area contributed by atoms with Crippen molar-refractivity contribution in [2.24, 2.45) is 40.5 Å². The molecule has 0 saturated carbocycles. The van der Waals surface area contributed by atoms with E-state index in [-0.39, 0.29) is 88.3 Å². The van der Waals surface area contributed by atoms with Crippen LogP contribution in [0, 0.1) is 42.4 Å². The number of likely N-dealkylation sites (tertiary alicyclic amines) is 1. The first kappa shape index (κ1) is 62.3. The SMILES string of the molecule is COC1C=COC2(C)Oc3c(C)c(O)c4c(c3C2=O)C2=NC3(CCN(CC(C)C)CC3)N(C(=O)Oc3ccc(NC(=O)CCC(C(C)=O)C(C)=O)cc3)C2=C(NC(=O)C(C)=CC=CC(C)C(O)C(C)C(O)C(C)C(OC(C)=O)C1C)C4=O. The third-order valence-corrected chi connectivity index (χ3v) is 16.4. The van der Waals surface area contributed by atoms with Crippen LogP contribution in [0.15, 0.2) is 76.8 Å². The summed E-state index contributed by atoms with van der Waals surface area (Å²) in [6.45, 7) is 20.7. The first-order chi connectivity index (χ1) is 38.6. The number of benzene rings is 2. The molecule has 5 N–H and O–H groups in total. The van der Waals surface area contributed by atoms with Crippen molar-refractivity contribution in [1.82, 2.24) is 15.1 Å². The zero-order valence-electron chi connectivity index (χ0n) is 48.9. The van der Waals surface area contributed by atoms with E-state index in [9.17, 15) is 39.3 Å². The Hall–Kier alpha value is -7.33. The van der Waals surface area contributed by atoms with Crippen molar-refractivity contribution < 1.29 is 77.4 Å². The van der Waals surface area contributed by atoms with Gasteiger partial charge in [-0.2, -0.15) is 0 Å². The fourth-order valence-corrected chi connectivity index (χ4v) is 11.6. The highest BCUT2D eigenvalue weighted by Crippen LogP contribution is 2.53. The number of methoxy groups -OCH3 is 1. The lowest BCUT2D eigenvalue weighted by atomic mass is 9.78. The van der Waals surface area contributed by atoms with Gasteiger partial charge in [0.05, 0.1) is 47.3 Å². The zero-order valence-corrected chi connectivity index (χ0v) is 48.9. The number of aliphatic hydroxyl groups is 2. The van der Waals surface area contributed by atoms with Crippen molar-refractivity contribution in [2.75, 3.05) is 32.1 Å². The molecule has 82 heavy (non-hydrogen) atoms. The summed E-state index contributed by atoms with van der Waals surface area (Å²) in [5.74, 6) is -10.6. The largest absolute Gasteiger partial charge is 0.507 e. The van der Waals surface area contributed by atoms with Crippen LogP contribution in [0.4, 0.5) is 10.5 Å². The number of Topliss-reactive ketones (excluding diaryl/α,β-unsaturated/α-hetero) is 4. The van der Waals surface area contributed by atoms with E-state index in [2.05, 4.69) is 29.4 Å². The summed E-state index contributed by atoms with van der Waals surface area (Å²) in [7, 11) is 1.42. The summed E-state index contributed by atoms with van der Waals surface area (Å²) in [6.07, 6.45) is 2.41. The number of piperidine rings is 1. The molecule has 442 valence electrons. The van der Waals surface area contributed by atoms with Crippen molar-refractivity contribution in [3.05, 3.63) is 94.1 Å². The average molecular weight is 1140 g/mol. The van der Waals surface area contributed by atoms with Crippen molar-refractivity contribution >= 4 is 58.4 Å². The van der Waals surface area contributed by atoms with Gasteiger partial charge in [0.1, 0.15) is 52.0 Å². The molecule has 4 heterocycles. The molecular formula is C61H77N5O16. The molecule has 2 aromatic carbocycles. The summed E-state index contributed by atoms with van der Waals surface area (Å²) >= 11 is 0. The van der Waals surface area contributed by atoms with Crippen molar-refractivity contribution in [1.29, 1.82) is 0 Å². The van der Waals surface area contributed by atoms with E-state index in [0.717, 1.165) is 0 Å². The van der Waals surface area contributed by atoms with Gasteiger partial charge in [-0.05, 0) is 70.4 Å². The molecular weight excluding hydrogens is 1060 g/mol. The van der Waals surface area contributed by atoms with Gasteiger partial charge in [-0.15, -0.1) is 0 Å². The van der Waals surface area contributed by atoms with Crippen LogP contribution in [0.3, 0.4) is 0 Å². The molecule has 1 spiro atoms. The molecule has 2 aromatic rings. The van der Waals surface area contributed by atoms with Crippen molar-refractivity contribution in [3.8, 4) is 17.2 Å². The second-order valence-electron chi connectivity index (χ2n) is 22.9. The molecule has 0 aromatic heterocycles. The molecule has 21 heteroatoms. The Morgan fingerprint density at radius 1 is 0.890 bits per heavy atom. The van der Waals surface area contributed by atoms with E-state index >= 15 is 14.4 Å². The number of fused-ring (bicyclic) bond motifs is 3. The predicted octanol–water partition coefficient (Wildman–Crippen LogP) is 7.04. The minimum Gasteiger partial charge on any atom is -0.507 e. The van der Waals surface area contributed by atoms with Crippen molar-refractivity contribution in [3.63, 3.8) is 0 Å². The fraction of sp³-hybridized carbons (Fsp3) is 0.525. The van der Waals surface area contributed by atoms with Gasteiger partial charge in [0.15, 0.2) is 0 Å². The van der Waals surface area contributed by atoms with Gasteiger partial charge in [-0.3, -0.25) is 38.6 Å². The second kappa shape index (κ2) is 25.0. The number of phenolic OH excluding ortho intramolecular Hbond substituents is 1. The summed E-state index contributed by atoms with van der Waals surface area (Å²) in [5.41, 5.74) is -2.64. The Morgan fingerprint density at radius 3 is 2.13 bits per heavy atom. The van der Waals surface area contributed by atoms with E-state index < -0.39 is 118 Å². The lowest BCUT2D eigenvalue weighted by Gasteiger charge is -2.43. The number of rotatable bonds is 11. The van der Waals surface area contributed by atoms with Crippen LogP contribution in [0.25, 0.3) is 0 Å². The standard InChI is InChI=1S/C61H77N5O16/c1-30(2)29-65-26-24-61(25-27-65)64-48-45-46-53(73)36(8)56-47(45)57(75)60(12,82-56)79-28-23-43(78-13)33(5)55(80-39(11)69)35(7)52(72)34(6)51(71)31(3)15-14-16-32(4)58(76)63-49(54(46)74)50(48)66(61)59(77)81-41-19-17-40(18-20-41)62-44(70)22-21-42(37(9)67)38(10)68/h14-20,23,28,30-31,33-35,42-43,51-52,55,71-73H,21-22,24-27,29H2,1-13H3,(H,62,70)(H,63,76). The van der Waals surface area contributed by atoms with Gasteiger partial charge in [-0.1, -0.05) is 59.8 Å². The number of ketones is 4. The van der Waals surface area contributed by atoms with Crippen LogP contribution in [0.1, 0.15) is 134 Å². The number of aliphatic hydroxyl groups excluding tert-OH is 2. The van der Waals surface area contributed by atoms with Gasteiger partial charge in [0.2, 0.25) is 11.7 Å². The van der Waals surface area contributed by atoms with Crippen LogP contribution in [0.2, 0.25) is 0 Å². The number of amides is 3. The quantitative estimate of drug-likeness (QED) is 0.111. The van der Waals surface area contributed by atoms with E-state index in [1.54, 1.807) is 39.8 Å². The first-order valence-corrected chi connectivity index (χ1v) is 27.8. The number of aliphatic imine (C=N–C) groups is 1. The summed E-state index contributed by atoms with van der Waals surface area (Å²) < 4.78 is 30.3. The van der Waals surface area contributed by atoms with Gasteiger partial charge in [0, 0.05) is 106 Å². The zero-order chi connectivity index (χ0) is 60.4. The van der Waals surface area contributed by atoms with E-state index in [1.807, 2.05) is 0 Å². The second-order valence-corrected chi connectivity index (χ2v) is 22.9. The Kier molecular flexibility index (Phi) is 19.0. The van der Waals surface area contributed by atoms with Gasteiger partial charge < -0.3 is 54.5 Å². The molecule has 0 radical (unpaired) electrons. The number of carbonyl (C=O) groups is 8. The van der Waals surface area contributed by atoms with E-state index in [4.69, 9.17) is 28.7 Å². The highest BCUT2D eigenvalue weighted by Gasteiger charge is 2.58. The number of hydrogen-bond acceptors (Lipinski definition) is 18. The minimum atomic E-state index is -2.16. The summed E-state index contributed by atoms with van der Waals surface area (Å²) in [4.78, 5) is 119. The highest BCUT2D eigenvalue weighted by molar-refractivity contribution is 6.35. The van der Waals surface area contributed by atoms with Gasteiger partial charge in [0.25, 0.3) is 11.7 Å². The number of allylic oxidation sites excluding steroid dienone is 4. The predicted molar refractivity (Wildman–Crippen MR) is 301 cm³/mol. The first-order valence-electron chi connectivity index (χ1n) is 27.8. The molecule has 9 unspecified atom stereocenters. The fourth-order valence-electron chi connectivity index (χ4n) is 11.6. The normalized spacial score (nSPS) is 26.7. The number of aromatic hydroxyl groups is 1. The Labute approximate surface area is 477 Å². The van der Waals surface area contributed by atoms with Crippen LogP contribution in [-0.2, 0) is 38.2 Å². The lowest BCUT2D eigenvalue weighted by molar-refractivity contribution is -0.160.